The Balaban J connectivity index is 1.63. The number of carbonyl (C=O) groups excluding carboxylic acids is 2. The van der Waals surface area contributed by atoms with Crippen molar-refractivity contribution in [2.75, 3.05) is 5.32 Å². The SMILES string of the molecule is CC(=O)c1cccc(NC(=O)C(C)Sc2nc3ccccc3c(=O)n2Cc2ccc(C)cc2)c1. The van der Waals surface area contributed by atoms with Crippen molar-refractivity contribution in [1.82, 2.24) is 9.55 Å². The smallest absolute Gasteiger partial charge is 0.262 e. The number of rotatable bonds is 7. The van der Waals surface area contributed by atoms with Crippen LogP contribution in [0.4, 0.5) is 5.69 Å². The largest absolute Gasteiger partial charge is 0.325 e. The van der Waals surface area contributed by atoms with Crippen molar-refractivity contribution in [3.05, 3.63) is 99.8 Å². The molecule has 0 fully saturated rings. The number of benzene rings is 3. The molecule has 0 radical (unpaired) electrons. The molecule has 4 aromatic rings. The van der Waals surface area contributed by atoms with Gasteiger partial charge in [0.1, 0.15) is 0 Å². The summed E-state index contributed by atoms with van der Waals surface area (Å²) < 4.78 is 1.62. The molecular weight excluding hydrogens is 446 g/mol. The number of anilines is 1. The van der Waals surface area contributed by atoms with E-state index in [1.165, 1.54) is 18.7 Å². The number of nitrogens with one attached hydrogen (secondary N) is 1. The second-order valence-electron chi connectivity index (χ2n) is 8.17. The van der Waals surface area contributed by atoms with Crippen LogP contribution in [0.1, 0.15) is 35.3 Å². The van der Waals surface area contributed by atoms with Crippen LogP contribution in [0, 0.1) is 6.92 Å². The quantitative estimate of drug-likeness (QED) is 0.231. The highest BCUT2D eigenvalue weighted by molar-refractivity contribution is 8.00. The molecule has 1 atom stereocenters. The summed E-state index contributed by atoms with van der Waals surface area (Å²) in [5.74, 6) is -0.311. The number of para-hydroxylation sites is 1. The fraction of sp³-hybridized carbons (Fsp3) is 0.185. The van der Waals surface area contributed by atoms with Crippen molar-refractivity contribution in [3.63, 3.8) is 0 Å². The van der Waals surface area contributed by atoms with Crippen molar-refractivity contribution in [1.29, 1.82) is 0 Å². The Hall–Kier alpha value is -3.71. The molecule has 0 aliphatic carbocycles. The molecule has 0 saturated heterocycles. The molecule has 0 aliphatic rings. The van der Waals surface area contributed by atoms with Gasteiger partial charge in [0, 0.05) is 11.3 Å². The monoisotopic (exact) mass is 471 g/mol. The second kappa shape index (κ2) is 10.1. The van der Waals surface area contributed by atoms with Gasteiger partial charge in [-0.3, -0.25) is 19.0 Å². The van der Waals surface area contributed by atoms with Gasteiger partial charge >= 0.3 is 0 Å². The summed E-state index contributed by atoms with van der Waals surface area (Å²) in [4.78, 5) is 42.6. The van der Waals surface area contributed by atoms with E-state index in [2.05, 4.69) is 5.32 Å². The van der Waals surface area contributed by atoms with E-state index >= 15 is 0 Å². The predicted octanol–water partition coefficient (Wildman–Crippen LogP) is 5.08. The van der Waals surface area contributed by atoms with Crippen LogP contribution in [0.3, 0.4) is 0 Å². The van der Waals surface area contributed by atoms with E-state index in [1.807, 2.05) is 43.3 Å². The van der Waals surface area contributed by atoms with Gasteiger partial charge in [-0.1, -0.05) is 65.9 Å². The molecule has 34 heavy (non-hydrogen) atoms. The Bertz CT molecular complexity index is 1430. The van der Waals surface area contributed by atoms with Gasteiger partial charge in [0.15, 0.2) is 10.9 Å². The standard InChI is InChI=1S/C27H25N3O3S/c1-17-11-13-20(14-12-17)16-30-26(33)23-9-4-5-10-24(23)29-27(30)34-19(3)25(32)28-22-8-6-7-21(15-22)18(2)31/h4-15,19H,16H2,1-3H3,(H,28,32). The normalized spacial score (nSPS) is 11.9. The molecule has 172 valence electrons. The molecule has 1 aromatic heterocycles. The Morgan fingerprint density at radius 2 is 1.76 bits per heavy atom. The fourth-order valence-electron chi connectivity index (χ4n) is 3.52. The van der Waals surface area contributed by atoms with Gasteiger partial charge in [-0.05, 0) is 50.6 Å². The summed E-state index contributed by atoms with van der Waals surface area (Å²) in [7, 11) is 0. The maximum atomic E-state index is 13.3. The summed E-state index contributed by atoms with van der Waals surface area (Å²) in [5, 5.41) is 3.34. The molecule has 0 saturated carbocycles. The summed E-state index contributed by atoms with van der Waals surface area (Å²) in [5.41, 5.74) is 3.65. The van der Waals surface area contributed by atoms with Gasteiger partial charge in [-0.25, -0.2) is 4.98 Å². The lowest BCUT2D eigenvalue weighted by atomic mass is 10.1. The Morgan fingerprint density at radius 3 is 2.50 bits per heavy atom. The number of aryl methyl sites for hydroxylation is 1. The molecule has 1 amide bonds. The summed E-state index contributed by atoms with van der Waals surface area (Å²) in [6, 6.07) is 22.0. The first-order chi connectivity index (χ1) is 16.3. The summed E-state index contributed by atoms with van der Waals surface area (Å²) in [6.45, 7) is 5.62. The minimum Gasteiger partial charge on any atom is -0.325 e. The van der Waals surface area contributed by atoms with E-state index in [0.717, 1.165) is 11.1 Å². The number of amides is 1. The highest BCUT2D eigenvalue weighted by atomic mass is 32.2. The zero-order valence-electron chi connectivity index (χ0n) is 19.2. The number of aromatic nitrogens is 2. The van der Waals surface area contributed by atoms with Crippen LogP contribution < -0.4 is 10.9 Å². The summed E-state index contributed by atoms with van der Waals surface area (Å²) in [6.07, 6.45) is 0. The lowest BCUT2D eigenvalue weighted by Crippen LogP contribution is -2.27. The van der Waals surface area contributed by atoms with Crippen molar-refractivity contribution in [3.8, 4) is 0 Å². The molecule has 0 spiro atoms. The molecule has 1 N–H and O–H groups in total. The number of hydrogen-bond donors (Lipinski definition) is 1. The number of thioether (sulfide) groups is 1. The van der Waals surface area contributed by atoms with Crippen LogP contribution in [0.5, 0.6) is 0 Å². The van der Waals surface area contributed by atoms with Gasteiger partial charge in [0.05, 0.1) is 22.7 Å². The van der Waals surface area contributed by atoms with Crippen LogP contribution >= 0.6 is 11.8 Å². The van der Waals surface area contributed by atoms with Crippen LogP contribution in [0.2, 0.25) is 0 Å². The van der Waals surface area contributed by atoms with Gasteiger partial charge in [-0.2, -0.15) is 0 Å². The van der Waals surface area contributed by atoms with Gasteiger partial charge in [0.2, 0.25) is 5.91 Å². The minimum atomic E-state index is -0.529. The van der Waals surface area contributed by atoms with E-state index in [4.69, 9.17) is 4.98 Å². The van der Waals surface area contributed by atoms with E-state index in [1.54, 1.807) is 47.9 Å². The van der Waals surface area contributed by atoms with E-state index in [0.29, 0.717) is 33.9 Å². The molecule has 4 rings (SSSR count). The zero-order chi connectivity index (χ0) is 24.2. The van der Waals surface area contributed by atoms with E-state index < -0.39 is 5.25 Å². The fourth-order valence-corrected chi connectivity index (χ4v) is 4.43. The van der Waals surface area contributed by atoms with E-state index in [-0.39, 0.29) is 17.2 Å². The minimum absolute atomic E-state index is 0.0704. The van der Waals surface area contributed by atoms with Crippen LogP contribution in [-0.4, -0.2) is 26.5 Å². The first kappa shape index (κ1) is 23.4. The van der Waals surface area contributed by atoms with Crippen molar-refractivity contribution < 1.29 is 9.59 Å². The Morgan fingerprint density at radius 1 is 1.03 bits per heavy atom. The van der Waals surface area contributed by atoms with Crippen molar-refractivity contribution in [2.45, 2.75) is 37.7 Å². The number of nitrogens with zero attached hydrogens (tertiary/aromatic N) is 2. The number of hydrogen-bond acceptors (Lipinski definition) is 5. The first-order valence-corrected chi connectivity index (χ1v) is 11.8. The molecular formula is C27H25N3O3S. The Labute approximate surface area is 202 Å². The number of fused-ring (bicyclic) bond motifs is 1. The van der Waals surface area contributed by atoms with E-state index in [9.17, 15) is 14.4 Å². The maximum absolute atomic E-state index is 13.3. The molecule has 0 bridgehead atoms. The van der Waals surface area contributed by atoms with Crippen molar-refractivity contribution >= 4 is 40.0 Å². The van der Waals surface area contributed by atoms with Crippen LogP contribution in [0.25, 0.3) is 10.9 Å². The van der Waals surface area contributed by atoms with Crippen LogP contribution in [-0.2, 0) is 11.3 Å². The lowest BCUT2D eigenvalue weighted by molar-refractivity contribution is -0.115. The topological polar surface area (TPSA) is 81.1 Å². The van der Waals surface area contributed by atoms with Gasteiger partial charge in [-0.15, -0.1) is 0 Å². The van der Waals surface area contributed by atoms with Gasteiger partial charge in [0.25, 0.3) is 5.56 Å². The third-order valence-corrected chi connectivity index (χ3v) is 6.57. The molecule has 3 aromatic carbocycles. The third kappa shape index (κ3) is 5.26. The number of Topliss-reactive ketones (excluding diaryl/α,β-unsaturated/α-hetero) is 1. The Kier molecular flexibility index (Phi) is 6.93. The molecule has 1 unspecified atom stereocenters. The summed E-state index contributed by atoms with van der Waals surface area (Å²) >= 11 is 1.23. The van der Waals surface area contributed by atoms with Crippen LogP contribution in [0.15, 0.2) is 82.7 Å². The molecule has 6 nitrogen and oxygen atoms in total. The van der Waals surface area contributed by atoms with Gasteiger partial charge < -0.3 is 5.32 Å². The molecule has 0 aliphatic heterocycles. The first-order valence-electron chi connectivity index (χ1n) is 11.0. The average Bonchev–Trinajstić information content (AvgIpc) is 2.83. The second-order valence-corrected chi connectivity index (χ2v) is 9.48. The molecule has 7 heteroatoms. The zero-order valence-corrected chi connectivity index (χ0v) is 20.1. The third-order valence-electron chi connectivity index (χ3n) is 5.48. The average molecular weight is 472 g/mol. The number of ketones is 1. The lowest BCUT2D eigenvalue weighted by Gasteiger charge is -2.17. The molecule has 1 heterocycles. The van der Waals surface area contributed by atoms with Crippen molar-refractivity contribution in [2.24, 2.45) is 0 Å². The highest BCUT2D eigenvalue weighted by Gasteiger charge is 2.20. The highest BCUT2D eigenvalue weighted by Crippen LogP contribution is 2.25. The predicted molar refractivity (Wildman–Crippen MR) is 137 cm³/mol. The number of carbonyl (C=O) groups is 2. The maximum Gasteiger partial charge on any atom is 0.262 e.